The Morgan fingerprint density at radius 3 is 2.25 bits per heavy atom. The highest BCUT2D eigenvalue weighted by molar-refractivity contribution is 6.35. The predicted octanol–water partition coefficient (Wildman–Crippen LogP) is 4.83. The fourth-order valence-corrected chi connectivity index (χ4v) is 3.04. The van der Waals surface area contributed by atoms with Crippen molar-refractivity contribution in [1.29, 1.82) is 0 Å². The van der Waals surface area contributed by atoms with Gasteiger partial charge in [0.2, 0.25) is 6.04 Å². The van der Waals surface area contributed by atoms with Crippen molar-refractivity contribution in [2.45, 2.75) is 26.8 Å². The number of Topliss-reactive ketones (excluding diaryl/α,β-unsaturated/α-hetero) is 1. The lowest BCUT2D eigenvalue weighted by Gasteiger charge is -2.16. The van der Waals surface area contributed by atoms with Crippen LogP contribution in [0.2, 0.25) is 5.02 Å². The number of carbonyl (C=O) groups excluding carboxylic acids is 2. The molecule has 2 aromatic rings. The van der Waals surface area contributed by atoms with E-state index < -0.39 is 17.7 Å². The van der Waals surface area contributed by atoms with Crippen molar-refractivity contribution >= 4 is 34.7 Å². The number of para-hydroxylation sites is 1. The highest BCUT2D eigenvalue weighted by Gasteiger charge is 2.26. The molecule has 0 radical (unpaired) electrons. The van der Waals surface area contributed by atoms with Crippen molar-refractivity contribution in [3.8, 4) is 23.0 Å². The standard InChI is InChI=1S/C22H26ClN3O6/c1-6-31-17-10-8-9-14(21(17)32-7-2)25-26-19(13(3)27)22(28)24-20-16(30-5)12-11-15(29-4)18(20)23/h8-12,19H,6-7H2,1-5H3,(H,24,28). The first-order valence-electron chi connectivity index (χ1n) is 9.89. The van der Waals surface area contributed by atoms with Gasteiger partial charge in [0.25, 0.3) is 5.91 Å². The minimum Gasteiger partial charge on any atom is -0.495 e. The summed E-state index contributed by atoms with van der Waals surface area (Å²) in [5.74, 6) is 0.254. The number of hydrogen-bond donors (Lipinski definition) is 1. The summed E-state index contributed by atoms with van der Waals surface area (Å²) in [5.41, 5.74) is 0.488. The molecule has 0 fully saturated rings. The molecule has 0 heterocycles. The molecule has 0 aliphatic rings. The predicted molar refractivity (Wildman–Crippen MR) is 121 cm³/mol. The molecule has 0 saturated carbocycles. The topological polar surface area (TPSA) is 108 Å². The smallest absolute Gasteiger partial charge is 0.258 e. The normalized spacial score (nSPS) is 11.7. The second kappa shape index (κ2) is 11.9. The number of halogens is 1. The van der Waals surface area contributed by atoms with E-state index in [1.165, 1.54) is 21.1 Å². The SMILES string of the molecule is CCOc1cccc(N=NC(C(C)=O)C(=O)Nc2c(OC)ccc(OC)c2Cl)c1OCC. The van der Waals surface area contributed by atoms with Gasteiger partial charge in [-0.3, -0.25) is 9.59 Å². The first-order valence-corrected chi connectivity index (χ1v) is 10.3. The maximum atomic E-state index is 12.9. The zero-order valence-corrected chi connectivity index (χ0v) is 19.4. The molecule has 2 rings (SSSR count). The Kier molecular flexibility index (Phi) is 9.27. The van der Waals surface area contributed by atoms with Crippen LogP contribution in [0.5, 0.6) is 23.0 Å². The number of nitrogens with zero attached hydrogens (tertiary/aromatic N) is 2. The van der Waals surface area contributed by atoms with Crippen LogP contribution in [0.25, 0.3) is 0 Å². The van der Waals surface area contributed by atoms with E-state index in [1.54, 1.807) is 30.3 Å². The molecular weight excluding hydrogens is 438 g/mol. The number of ether oxygens (including phenoxy) is 4. The van der Waals surface area contributed by atoms with Crippen molar-refractivity contribution in [3.05, 3.63) is 35.4 Å². The van der Waals surface area contributed by atoms with Gasteiger partial charge in [0.1, 0.15) is 27.9 Å². The third-order valence-corrected chi connectivity index (χ3v) is 4.59. The van der Waals surface area contributed by atoms with Gasteiger partial charge in [0, 0.05) is 0 Å². The number of hydrogen-bond acceptors (Lipinski definition) is 8. The van der Waals surface area contributed by atoms with Gasteiger partial charge in [-0.2, -0.15) is 10.2 Å². The number of amides is 1. The number of rotatable bonds is 11. The van der Waals surface area contributed by atoms with Crippen LogP contribution >= 0.6 is 11.6 Å². The minimum atomic E-state index is -1.42. The molecule has 0 aromatic heterocycles. The number of azo groups is 1. The number of benzene rings is 2. The molecule has 32 heavy (non-hydrogen) atoms. The van der Waals surface area contributed by atoms with E-state index in [0.717, 1.165) is 0 Å². The number of ketones is 1. The van der Waals surface area contributed by atoms with Gasteiger partial charge in [-0.15, -0.1) is 0 Å². The van der Waals surface area contributed by atoms with Gasteiger partial charge in [0.05, 0.1) is 27.4 Å². The van der Waals surface area contributed by atoms with Crippen molar-refractivity contribution in [3.63, 3.8) is 0 Å². The van der Waals surface area contributed by atoms with Crippen molar-refractivity contribution in [2.24, 2.45) is 10.2 Å². The Morgan fingerprint density at radius 1 is 1.00 bits per heavy atom. The average Bonchev–Trinajstić information content (AvgIpc) is 2.77. The number of carbonyl (C=O) groups is 2. The highest BCUT2D eigenvalue weighted by Crippen LogP contribution is 2.40. The summed E-state index contributed by atoms with van der Waals surface area (Å²) >= 11 is 6.31. The van der Waals surface area contributed by atoms with Crippen molar-refractivity contribution < 1.29 is 28.5 Å². The summed E-state index contributed by atoms with van der Waals surface area (Å²) in [4.78, 5) is 25.1. The maximum Gasteiger partial charge on any atom is 0.258 e. The van der Waals surface area contributed by atoms with Gasteiger partial charge in [-0.05, 0) is 45.0 Å². The van der Waals surface area contributed by atoms with Gasteiger partial charge >= 0.3 is 0 Å². The molecule has 1 unspecified atom stereocenters. The second-order valence-corrected chi connectivity index (χ2v) is 6.73. The van der Waals surface area contributed by atoms with Crippen molar-refractivity contribution in [1.82, 2.24) is 0 Å². The lowest BCUT2D eigenvalue weighted by Crippen LogP contribution is -2.32. The minimum absolute atomic E-state index is 0.127. The Morgan fingerprint density at radius 2 is 1.66 bits per heavy atom. The largest absolute Gasteiger partial charge is 0.495 e. The Labute approximate surface area is 191 Å². The molecule has 0 saturated heterocycles. The van der Waals surface area contributed by atoms with Crippen LogP contribution in [0.4, 0.5) is 11.4 Å². The molecular formula is C22H26ClN3O6. The third kappa shape index (κ3) is 5.88. The molecule has 1 amide bonds. The van der Waals surface area contributed by atoms with Gasteiger partial charge in [0.15, 0.2) is 17.3 Å². The van der Waals surface area contributed by atoms with E-state index in [2.05, 4.69) is 15.5 Å². The summed E-state index contributed by atoms with van der Waals surface area (Å²) in [6, 6.07) is 6.85. The van der Waals surface area contributed by atoms with E-state index >= 15 is 0 Å². The molecule has 0 aliphatic carbocycles. The Hall–Kier alpha value is -3.33. The van der Waals surface area contributed by atoms with Crippen LogP contribution in [-0.2, 0) is 9.59 Å². The molecule has 2 aromatic carbocycles. The second-order valence-electron chi connectivity index (χ2n) is 6.35. The number of anilines is 1. The van der Waals surface area contributed by atoms with E-state index in [0.29, 0.717) is 41.9 Å². The molecule has 1 N–H and O–H groups in total. The number of nitrogens with one attached hydrogen (secondary N) is 1. The van der Waals surface area contributed by atoms with E-state index in [1.807, 2.05) is 13.8 Å². The summed E-state index contributed by atoms with van der Waals surface area (Å²) < 4.78 is 21.6. The zero-order valence-electron chi connectivity index (χ0n) is 18.6. The van der Waals surface area contributed by atoms with Crippen molar-refractivity contribution in [2.75, 3.05) is 32.8 Å². The van der Waals surface area contributed by atoms with E-state index in [9.17, 15) is 9.59 Å². The molecule has 0 spiro atoms. The Bertz CT molecular complexity index is 996. The van der Waals surface area contributed by atoms with Crippen LogP contribution in [0.3, 0.4) is 0 Å². The van der Waals surface area contributed by atoms with Crippen LogP contribution in [0.1, 0.15) is 20.8 Å². The quantitative estimate of drug-likeness (QED) is 0.377. The molecule has 1 atom stereocenters. The van der Waals surface area contributed by atoms with Gasteiger partial charge < -0.3 is 24.3 Å². The molecule has 0 aliphatic heterocycles. The lowest BCUT2D eigenvalue weighted by atomic mass is 10.2. The first kappa shape index (κ1) is 24.9. The van der Waals surface area contributed by atoms with Gasteiger partial charge in [-0.1, -0.05) is 17.7 Å². The summed E-state index contributed by atoms with van der Waals surface area (Å²) in [6.07, 6.45) is 0. The highest BCUT2D eigenvalue weighted by atomic mass is 35.5. The first-order chi connectivity index (χ1) is 15.4. The Balaban J connectivity index is 2.37. The molecule has 9 nitrogen and oxygen atoms in total. The summed E-state index contributed by atoms with van der Waals surface area (Å²) in [5, 5.41) is 10.8. The van der Waals surface area contributed by atoms with Crippen LogP contribution in [0, 0.1) is 0 Å². The molecule has 10 heteroatoms. The summed E-state index contributed by atoms with van der Waals surface area (Å²) in [7, 11) is 2.87. The zero-order chi connectivity index (χ0) is 23.7. The van der Waals surface area contributed by atoms with Crippen LogP contribution in [0.15, 0.2) is 40.6 Å². The van der Waals surface area contributed by atoms with E-state index in [4.69, 9.17) is 30.5 Å². The molecule has 0 bridgehead atoms. The lowest BCUT2D eigenvalue weighted by molar-refractivity contribution is -0.126. The summed E-state index contributed by atoms with van der Waals surface area (Å²) in [6.45, 7) is 5.71. The third-order valence-electron chi connectivity index (χ3n) is 4.22. The van der Waals surface area contributed by atoms with Crippen LogP contribution < -0.4 is 24.3 Å². The fraction of sp³-hybridized carbons (Fsp3) is 0.364. The average molecular weight is 464 g/mol. The monoisotopic (exact) mass is 463 g/mol. The maximum absolute atomic E-state index is 12.9. The van der Waals surface area contributed by atoms with Crippen LogP contribution in [-0.4, -0.2) is 45.2 Å². The fourth-order valence-electron chi connectivity index (χ4n) is 2.75. The molecule has 172 valence electrons. The number of methoxy groups -OCH3 is 2. The van der Waals surface area contributed by atoms with Gasteiger partial charge in [-0.25, -0.2) is 0 Å². The van der Waals surface area contributed by atoms with E-state index in [-0.39, 0.29) is 10.7 Å².